The van der Waals surface area contributed by atoms with Gasteiger partial charge in [0.15, 0.2) is 0 Å². The first-order chi connectivity index (χ1) is 29.7. The number of rotatable bonds is 6. The largest absolute Gasteiger partial charge is 0.507 e. The van der Waals surface area contributed by atoms with E-state index in [0.717, 1.165) is 88.5 Å². The van der Waals surface area contributed by atoms with Crippen LogP contribution >= 0.6 is 0 Å². The average molecular weight is 810 g/mol. The maximum Gasteiger partial charge on any atom is 0.149 e. The number of phenolic OH excluding ortho intramolecular Hbond substituents is 1. The van der Waals surface area contributed by atoms with E-state index in [2.05, 4.69) is 199 Å². The van der Waals surface area contributed by atoms with Gasteiger partial charge in [-0.3, -0.25) is 9.55 Å². The predicted octanol–water partition coefficient (Wildman–Crippen LogP) is 15.1. The van der Waals surface area contributed by atoms with Gasteiger partial charge in [-0.25, -0.2) is 4.98 Å². The van der Waals surface area contributed by atoms with Gasteiger partial charge in [0, 0.05) is 44.8 Å². The van der Waals surface area contributed by atoms with Crippen LogP contribution in [-0.4, -0.2) is 19.6 Å². The third kappa shape index (κ3) is 6.46. The Balaban J connectivity index is 1.27. The summed E-state index contributed by atoms with van der Waals surface area (Å²) in [5, 5.41) is 16.5. The number of benzene rings is 7. The Kier molecular flexibility index (Phi) is 9.04. The molecule has 0 saturated heterocycles. The summed E-state index contributed by atoms with van der Waals surface area (Å²) < 4.78 is 8.87. The summed E-state index contributed by atoms with van der Waals surface area (Å²) in [5.74, 6) is 0.949. The number of para-hydroxylation sites is 2. The zero-order valence-electron chi connectivity index (χ0n) is 36.7. The molecule has 5 heteroatoms. The molecule has 7 aromatic carbocycles. The highest BCUT2D eigenvalue weighted by Crippen LogP contribution is 2.46. The van der Waals surface area contributed by atoms with E-state index in [-0.39, 0.29) is 22.0 Å². The van der Waals surface area contributed by atoms with Crippen molar-refractivity contribution < 1.29 is 9.52 Å². The van der Waals surface area contributed by atoms with Gasteiger partial charge in [-0.1, -0.05) is 159 Å². The van der Waals surface area contributed by atoms with Crippen LogP contribution in [0.3, 0.4) is 0 Å². The van der Waals surface area contributed by atoms with Crippen LogP contribution in [0.15, 0.2) is 162 Å². The van der Waals surface area contributed by atoms with E-state index in [9.17, 15) is 5.11 Å². The van der Waals surface area contributed by atoms with E-state index in [4.69, 9.17) is 14.4 Å². The number of furan rings is 1. The molecule has 0 atom stereocenters. The number of phenols is 1. The summed E-state index contributed by atoms with van der Waals surface area (Å²) in [6.07, 6.45) is 1.86. The number of aromatic hydroxyl groups is 1. The lowest BCUT2D eigenvalue weighted by Crippen LogP contribution is -2.19. The molecule has 3 heterocycles. The fourth-order valence-electron chi connectivity index (χ4n) is 9.13. The van der Waals surface area contributed by atoms with Crippen molar-refractivity contribution >= 4 is 43.7 Å². The number of hydrogen-bond donors (Lipinski definition) is 1. The minimum Gasteiger partial charge on any atom is -0.507 e. The summed E-state index contributed by atoms with van der Waals surface area (Å²) in [6.45, 7) is 17.7. The van der Waals surface area contributed by atoms with E-state index >= 15 is 0 Å². The third-order valence-electron chi connectivity index (χ3n) is 12.7. The van der Waals surface area contributed by atoms with E-state index in [1.165, 1.54) is 5.56 Å². The Bertz CT molecular complexity index is 3340. The van der Waals surface area contributed by atoms with E-state index in [1.54, 1.807) is 0 Å². The van der Waals surface area contributed by atoms with Gasteiger partial charge in [0.2, 0.25) is 0 Å². The lowest BCUT2D eigenvalue weighted by Gasteiger charge is -2.27. The van der Waals surface area contributed by atoms with Gasteiger partial charge in [0.25, 0.3) is 0 Å². The van der Waals surface area contributed by atoms with Gasteiger partial charge < -0.3 is 9.52 Å². The first kappa shape index (κ1) is 39.2. The fraction of sp³-hybridized carbons (Fsp3) is 0.193. The summed E-state index contributed by atoms with van der Waals surface area (Å²) >= 11 is 0. The topological polar surface area (TPSA) is 64.1 Å². The predicted molar refractivity (Wildman–Crippen MR) is 258 cm³/mol. The van der Waals surface area contributed by atoms with Crippen molar-refractivity contribution in [2.75, 3.05) is 0 Å². The molecule has 10 rings (SSSR count). The Hall–Kier alpha value is -6.98. The maximum absolute atomic E-state index is 12.3. The molecule has 62 heavy (non-hydrogen) atoms. The van der Waals surface area contributed by atoms with E-state index < -0.39 is 0 Å². The van der Waals surface area contributed by atoms with Crippen molar-refractivity contribution in [1.29, 1.82) is 0 Å². The second kappa shape index (κ2) is 14.3. The van der Waals surface area contributed by atoms with Gasteiger partial charge in [0.05, 0.1) is 27.7 Å². The van der Waals surface area contributed by atoms with Gasteiger partial charge in [0.1, 0.15) is 22.7 Å². The van der Waals surface area contributed by atoms with Gasteiger partial charge in [-0.2, -0.15) is 0 Å². The molecule has 306 valence electrons. The molecule has 10 aromatic rings. The summed E-state index contributed by atoms with van der Waals surface area (Å²) in [6, 6.07) is 53.4. The Morgan fingerprint density at radius 2 is 1.27 bits per heavy atom. The standard InChI is InChI=1S/C57H51N3O2/c1-55(2,3)39-33-45(52(61)46(34-39)56(4,5)6)54-59-51-42(24-17-25-47(51)60(54)41-21-13-10-14-22-41)36-30-37(32-40(31-36)57(7,8)38-19-11-9-12-20-38)50-49-44-27-26-35-18-15-16-23-43(35)53(44)62-48(49)28-29-58-50/h9-34,61H,1-8H3. The zero-order valence-corrected chi connectivity index (χ0v) is 36.7. The normalized spacial score (nSPS) is 12.6. The first-order valence-corrected chi connectivity index (χ1v) is 21.5. The third-order valence-corrected chi connectivity index (χ3v) is 12.7. The highest BCUT2D eigenvalue weighted by atomic mass is 16.3. The Labute approximate surface area is 363 Å². The molecule has 0 spiro atoms. The number of nitrogens with zero attached hydrogens (tertiary/aromatic N) is 3. The second-order valence-corrected chi connectivity index (χ2v) is 19.3. The summed E-state index contributed by atoms with van der Waals surface area (Å²) in [4.78, 5) is 10.7. The van der Waals surface area contributed by atoms with E-state index in [0.29, 0.717) is 11.4 Å². The molecule has 0 aliphatic rings. The van der Waals surface area contributed by atoms with E-state index in [1.807, 2.05) is 18.3 Å². The number of imidazole rings is 1. The molecule has 0 unspecified atom stereocenters. The molecule has 0 aliphatic heterocycles. The van der Waals surface area contributed by atoms with Crippen LogP contribution in [0, 0.1) is 0 Å². The molecule has 0 aliphatic carbocycles. The number of hydrogen-bond acceptors (Lipinski definition) is 4. The smallest absolute Gasteiger partial charge is 0.149 e. The Morgan fingerprint density at radius 1 is 0.565 bits per heavy atom. The highest BCUT2D eigenvalue weighted by molar-refractivity contribution is 6.18. The van der Waals surface area contributed by atoms with Crippen LogP contribution < -0.4 is 0 Å². The van der Waals surface area contributed by atoms with Crippen LogP contribution in [0.25, 0.3) is 83.2 Å². The molecular formula is C57H51N3O2. The highest BCUT2D eigenvalue weighted by Gasteiger charge is 2.30. The van der Waals surface area contributed by atoms with Crippen LogP contribution in [0.1, 0.15) is 77.6 Å². The molecule has 0 bridgehead atoms. The van der Waals surface area contributed by atoms with Crippen molar-refractivity contribution in [2.24, 2.45) is 0 Å². The van der Waals surface area contributed by atoms with Gasteiger partial charge >= 0.3 is 0 Å². The quantitative estimate of drug-likeness (QED) is 0.182. The van der Waals surface area contributed by atoms with Crippen LogP contribution in [0.2, 0.25) is 0 Å². The molecule has 0 saturated carbocycles. The molecule has 0 radical (unpaired) electrons. The summed E-state index contributed by atoms with van der Waals surface area (Å²) in [5.41, 5.74) is 12.6. The minimum absolute atomic E-state index is 0.163. The number of aromatic nitrogens is 3. The fourth-order valence-corrected chi connectivity index (χ4v) is 9.13. The Morgan fingerprint density at radius 3 is 2.02 bits per heavy atom. The van der Waals surface area contributed by atoms with Gasteiger partial charge in [-0.05, 0) is 87.0 Å². The van der Waals surface area contributed by atoms with Crippen LogP contribution in [-0.2, 0) is 16.2 Å². The SMILES string of the molecule is CC(C)(C)c1cc(-c2nc3c(-c4cc(-c5nccc6oc7c8ccccc8ccc7c56)cc(C(C)(C)c5ccccc5)c4)cccc3n2-c2ccccc2)c(O)c(C(C)(C)C)c1. The molecule has 5 nitrogen and oxygen atoms in total. The van der Waals surface area contributed by atoms with Crippen molar-refractivity contribution in [2.45, 2.75) is 71.6 Å². The minimum atomic E-state index is -0.362. The van der Waals surface area contributed by atoms with Crippen LogP contribution in [0.4, 0.5) is 0 Å². The van der Waals surface area contributed by atoms with Crippen molar-refractivity contribution in [3.8, 4) is 45.2 Å². The molecule has 0 fully saturated rings. The lowest BCUT2D eigenvalue weighted by atomic mass is 9.76. The zero-order chi connectivity index (χ0) is 43.1. The number of fused-ring (bicyclic) bond motifs is 6. The molecule has 3 aromatic heterocycles. The van der Waals surface area contributed by atoms with Crippen molar-refractivity contribution in [1.82, 2.24) is 14.5 Å². The first-order valence-electron chi connectivity index (χ1n) is 21.5. The molecular weight excluding hydrogens is 759 g/mol. The van der Waals surface area contributed by atoms with Crippen molar-refractivity contribution in [3.05, 3.63) is 180 Å². The summed E-state index contributed by atoms with van der Waals surface area (Å²) in [7, 11) is 0. The molecule has 1 N–H and O–H groups in total. The monoisotopic (exact) mass is 809 g/mol. The lowest BCUT2D eigenvalue weighted by molar-refractivity contribution is 0.446. The van der Waals surface area contributed by atoms with Gasteiger partial charge in [-0.15, -0.1) is 0 Å². The van der Waals surface area contributed by atoms with Crippen molar-refractivity contribution in [3.63, 3.8) is 0 Å². The molecule has 0 amide bonds. The number of pyridine rings is 1. The second-order valence-electron chi connectivity index (χ2n) is 19.3. The van der Waals surface area contributed by atoms with Crippen LogP contribution in [0.5, 0.6) is 5.75 Å². The average Bonchev–Trinajstić information content (AvgIpc) is 3.85. The maximum atomic E-state index is 12.3.